The van der Waals surface area contributed by atoms with Gasteiger partial charge in [-0.2, -0.15) is 0 Å². The van der Waals surface area contributed by atoms with Crippen LogP contribution in [0.5, 0.6) is 5.75 Å². The number of H-pyrrole nitrogens is 1. The van der Waals surface area contributed by atoms with Crippen LogP contribution in [0.4, 0.5) is 11.4 Å². The van der Waals surface area contributed by atoms with Crippen LogP contribution in [-0.4, -0.2) is 20.9 Å². The van der Waals surface area contributed by atoms with Crippen molar-refractivity contribution in [2.24, 2.45) is 0 Å². The standard InChI is InChI=1S/C12H9N3O5/c16-10-5-11(17)13-6-7(10)12(18)14-8-3-1-2-4-9(8)15(19)20/h1-6H,(H,14,18)(H2,13,16,17). The zero-order chi connectivity index (χ0) is 14.7. The normalized spacial score (nSPS) is 10.0. The van der Waals surface area contributed by atoms with Crippen molar-refractivity contribution in [1.82, 2.24) is 4.98 Å². The lowest BCUT2D eigenvalue weighted by atomic mass is 10.2. The number of carbonyl (C=O) groups excluding carboxylic acids is 1. The third-order valence-corrected chi connectivity index (χ3v) is 2.50. The fourth-order valence-electron chi connectivity index (χ4n) is 1.57. The van der Waals surface area contributed by atoms with Gasteiger partial charge in [0, 0.05) is 18.3 Å². The average molecular weight is 275 g/mol. The first-order valence-corrected chi connectivity index (χ1v) is 5.45. The molecule has 0 aliphatic carbocycles. The maximum atomic E-state index is 11.9. The lowest BCUT2D eigenvalue weighted by Crippen LogP contribution is -2.15. The van der Waals surface area contributed by atoms with Gasteiger partial charge >= 0.3 is 0 Å². The lowest BCUT2D eigenvalue weighted by Gasteiger charge is -2.06. The molecule has 0 saturated heterocycles. The number of para-hydroxylation sites is 2. The first-order valence-electron chi connectivity index (χ1n) is 5.45. The number of rotatable bonds is 3. The number of pyridine rings is 1. The molecule has 1 aromatic heterocycles. The number of anilines is 1. The number of aromatic amines is 1. The summed E-state index contributed by atoms with van der Waals surface area (Å²) in [4.78, 5) is 35.2. The van der Waals surface area contributed by atoms with E-state index in [4.69, 9.17) is 0 Å². The first-order chi connectivity index (χ1) is 9.49. The van der Waals surface area contributed by atoms with E-state index in [-0.39, 0.29) is 16.9 Å². The van der Waals surface area contributed by atoms with Crippen LogP contribution in [0.15, 0.2) is 41.3 Å². The monoisotopic (exact) mass is 275 g/mol. The third kappa shape index (κ3) is 2.64. The molecule has 0 saturated carbocycles. The number of nitro groups is 1. The molecule has 0 aliphatic rings. The van der Waals surface area contributed by atoms with Gasteiger partial charge in [0.05, 0.1) is 10.5 Å². The Morgan fingerprint density at radius 2 is 2.05 bits per heavy atom. The number of aromatic nitrogens is 1. The minimum atomic E-state index is -0.770. The van der Waals surface area contributed by atoms with Crippen molar-refractivity contribution in [3.05, 3.63) is 62.6 Å². The van der Waals surface area contributed by atoms with E-state index in [9.17, 15) is 24.8 Å². The van der Waals surface area contributed by atoms with Crippen LogP contribution in [0, 0.1) is 10.1 Å². The highest BCUT2D eigenvalue weighted by Gasteiger charge is 2.17. The fourth-order valence-corrected chi connectivity index (χ4v) is 1.57. The Labute approximate surface area is 111 Å². The van der Waals surface area contributed by atoms with Crippen LogP contribution in [0.2, 0.25) is 0 Å². The van der Waals surface area contributed by atoms with Gasteiger partial charge in [-0.05, 0) is 6.07 Å². The van der Waals surface area contributed by atoms with Crippen LogP contribution < -0.4 is 10.9 Å². The predicted molar refractivity (Wildman–Crippen MR) is 69.8 cm³/mol. The van der Waals surface area contributed by atoms with Crippen molar-refractivity contribution in [2.45, 2.75) is 0 Å². The molecule has 0 bridgehead atoms. The molecule has 1 amide bonds. The lowest BCUT2D eigenvalue weighted by molar-refractivity contribution is -0.383. The molecule has 0 spiro atoms. The Morgan fingerprint density at radius 1 is 1.35 bits per heavy atom. The number of nitro benzene ring substituents is 1. The van der Waals surface area contributed by atoms with Gasteiger partial charge in [-0.1, -0.05) is 12.1 Å². The van der Waals surface area contributed by atoms with Gasteiger partial charge in [-0.25, -0.2) is 0 Å². The number of carbonyl (C=O) groups is 1. The summed E-state index contributed by atoms with van der Waals surface area (Å²) < 4.78 is 0. The van der Waals surface area contributed by atoms with Gasteiger partial charge in [0.1, 0.15) is 11.4 Å². The molecule has 8 heteroatoms. The van der Waals surface area contributed by atoms with Crippen molar-refractivity contribution in [1.29, 1.82) is 0 Å². The molecule has 0 unspecified atom stereocenters. The molecular formula is C12H9N3O5. The molecule has 0 aliphatic heterocycles. The zero-order valence-corrected chi connectivity index (χ0v) is 9.99. The van der Waals surface area contributed by atoms with E-state index < -0.39 is 22.1 Å². The molecule has 0 fully saturated rings. The Balaban J connectivity index is 2.33. The predicted octanol–water partition coefficient (Wildman–Crippen LogP) is 1.24. The van der Waals surface area contributed by atoms with E-state index in [0.717, 1.165) is 12.3 Å². The summed E-state index contributed by atoms with van der Waals surface area (Å²) in [7, 11) is 0. The number of hydrogen-bond donors (Lipinski definition) is 3. The molecule has 0 radical (unpaired) electrons. The van der Waals surface area contributed by atoms with Crippen molar-refractivity contribution < 1.29 is 14.8 Å². The Morgan fingerprint density at radius 3 is 2.70 bits per heavy atom. The fraction of sp³-hybridized carbons (Fsp3) is 0. The number of nitrogens with zero attached hydrogens (tertiary/aromatic N) is 1. The zero-order valence-electron chi connectivity index (χ0n) is 9.99. The quantitative estimate of drug-likeness (QED) is 0.574. The summed E-state index contributed by atoms with van der Waals surface area (Å²) in [6.45, 7) is 0. The van der Waals surface area contributed by atoms with E-state index in [1.807, 2.05) is 0 Å². The minimum absolute atomic E-state index is 0.00639. The first kappa shape index (κ1) is 13.3. The summed E-state index contributed by atoms with van der Waals surface area (Å²) in [6, 6.07) is 6.43. The SMILES string of the molecule is O=C(Nc1ccccc1[N+](=O)[O-])c1c[nH]c(=O)cc1O. The number of benzene rings is 1. The molecule has 1 heterocycles. The maximum Gasteiger partial charge on any atom is 0.292 e. The van der Waals surface area contributed by atoms with E-state index >= 15 is 0 Å². The molecule has 2 aromatic rings. The minimum Gasteiger partial charge on any atom is -0.507 e. The van der Waals surface area contributed by atoms with Crippen molar-refractivity contribution in [3.8, 4) is 5.75 Å². The highest BCUT2D eigenvalue weighted by Crippen LogP contribution is 2.24. The summed E-state index contributed by atoms with van der Waals surface area (Å²) in [5.74, 6) is -1.28. The van der Waals surface area contributed by atoms with Gasteiger partial charge in [-0.3, -0.25) is 19.7 Å². The average Bonchev–Trinajstić information content (AvgIpc) is 2.38. The second-order valence-corrected chi connectivity index (χ2v) is 3.82. The third-order valence-electron chi connectivity index (χ3n) is 2.50. The molecule has 2 rings (SSSR count). The van der Waals surface area contributed by atoms with Crippen LogP contribution >= 0.6 is 0 Å². The Hall–Kier alpha value is -3.16. The van der Waals surface area contributed by atoms with Gasteiger partial charge in [0.2, 0.25) is 0 Å². The smallest absolute Gasteiger partial charge is 0.292 e. The van der Waals surface area contributed by atoms with Crippen LogP contribution in [0.25, 0.3) is 0 Å². The number of amides is 1. The summed E-state index contributed by atoms with van der Waals surface area (Å²) in [6.07, 6.45) is 1.03. The Kier molecular flexibility index (Phi) is 3.47. The van der Waals surface area contributed by atoms with E-state index in [0.29, 0.717) is 0 Å². The summed E-state index contributed by atoms with van der Waals surface area (Å²) in [5, 5.41) is 22.6. The van der Waals surface area contributed by atoms with Crippen molar-refractivity contribution in [2.75, 3.05) is 5.32 Å². The van der Waals surface area contributed by atoms with Crippen molar-refractivity contribution >= 4 is 17.3 Å². The van der Waals surface area contributed by atoms with Crippen LogP contribution in [-0.2, 0) is 0 Å². The maximum absolute atomic E-state index is 11.9. The van der Waals surface area contributed by atoms with Gasteiger partial charge in [0.25, 0.3) is 17.2 Å². The van der Waals surface area contributed by atoms with E-state index in [2.05, 4.69) is 10.3 Å². The van der Waals surface area contributed by atoms with E-state index in [1.165, 1.54) is 24.3 Å². The molecule has 0 atom stereocenters. The van der Waals surface area contributed by atoms with E-state index in [1.54, 1.807) is 0 Å². The highest BCUT2D eigenvalue weighted by atomic mass is 16.6. The molecule has 3 N–H and O–H groups in total. The van der Waals surface area contributed by atoms with Crippen LogP contribution in [0.3, 0.4) is 0 Å². The summed E-state index contributed by atoms with van der Waals surface area (Å²) >= 11 is 0. The van der Waals surface area contributed by atoms with Gasteiger partial charge < -0.3 is 15.4 Å². The Bertz CT molecular complexity index is 738. The summed E-state index contributed by atoms with van der Waals surface area (Å²) in [5.41, 5.74) is -1.04. The number of nitrogens with one attached hydrogen (secondary N) is 2. The largest absolute Gasteiger partial charge is 0.507 e. The number of aromatic hydroxyl groups is 1. The van der Waals surface area contributed by atoms with Gasteiger partial charge in [-0.15, -0.1) is 0 Å². The number of hydrogen-bond acceptors (Lipinski definition) is 5. The second-order valence-electron chi connectivity index (χ2n) is 3.82. The second kappa shape index (κ2) is 5.22. The van der Waals surface area contributed by atoms with Gasteiger partial charge in [0.15, 0.2) is 0 Å². The molecule has 102 valence electrons. The topological polar surface area (TPSA) is 125 Å². The highest BCUT2D eigenvalue weighted by molar-refractivity contribution is 6.06. The molecular weight excluding hydrogens is 266 g/mol. The molecule has 20 heavy (non-hydrogen) atoms. The molecule has 1 aromatic carbocycles. The molecule has 8 nitrogen and oxygen atoms in total. The van der Waals surface area contributed by atoms with Crippen molar-refractivity contribution in [3.63, 3.8) is 0 Å². The van der Waals surface area contributed by atoms with Crippen LogP contribution in [0.1, 0.15) is 10.4 Å².